The minimum Gasteiger partial charge on any atom is -0.494 e. The Kier molecular flexibility index (Phi) is 22.2. The third-order valence-electron chi connectivity index (χ3n) is 4.39. The monoisotopic (exact) mass is 632 g/mol. The number of hydrogen-bond donors (Lipinski definition) is 6. The standard InChI is InChI=1S/2C13H21N3OS.H2O4S/c2*1-2-8-17-12-5-3-11(4-6-12)10-18-9-7-16-13(14)15;1-5(2,3)4/h2*3-6H,2,7-10H2,1H3,(H4,14,15,16);(H2,1,2,3,4). The number of guanidine groups is 2. The second-order valence-corrected chi connectivity index (χ2v) is 11.3. The lowest BCUT2D eigenvalue weighted by Crippen LogP contribution is -2.23. The van der Waals surface area contributed by atoms with E-state index in [2.05, 4.69) is 48.1 Å². The lowest BCUT2D eigenvalue weighted by Gasteiger charge is -2.05. The molecule has 12 nitrogen and oxygen atoms in total. The molecule has 0 aromatic heterocycles. The fourth-order valence-electron chi connectivity index (χ4n) is 2.66. The van der Waals surface area contributed by atoms with Crippen LogP contribution in [0.2, 0.25) is 0 Å². The predicted octanol–water partition coefficient (Wildman–Crippen LogP) is 3.31. The van der Waals surface area contributed by atoms with E-state index in [1.807, 2.05) is 47.8 Å². The topological polar surface area (TPSA) is 222 Å². The van der Waals surface area contributed by atoms with E-state index in [1.54, 1.807) is 0 Å². The summed E-state index contributed by atoms with van der Waals surface area (Å²) in [6, 6.07) is 16.4. The maximum Gasteiger partial charge on any atom is 0.394 e. The zero-order valence-electron chi connectivity index (χ0n) is 23.6. The number of ether oxygens (including phenoxy) is 2. The molecule has 0 aliphatic carbocycles. The van der Waals surface area contributed by atoms with E-state index in [4.69, 9.17) is 49.9 Å². The van der Waals surface area contributed by atoms with Crippen molar-refractivity contribution in [1.82, 2.24) is 0 Å². The summed E-state index contributed by atoms with van der Waals surface area (Å²) in [7, 11) is -4.67. The molecule has 2 aromatic rings. The number of rotatable bonds is 16. The van der Waals surface area contributed by atoms with Crippen LogP contribution in [0.4, 0.5) is 0 Å². The molecule has 0 saturated carbocycles. The lowest BCUT2D eigenvalue weighted by atomic mass is 10.2. The van der Waals surface area contributed by atoms with E-state index >= 15 is 0 Å². The molecular formula is C26H44N6O6S3. The van der Waals surface area contributed by atoms with Crippen LogP contribution >= 0.6 is 23.5 Å². The highest BCUT2D eigenvalue weighted by Crippen LogP contribution is 2.18. The second kappa shape index (κ2) is 23.8. The van der Waals surface area contributed by atoms with Crippen LogP contribution in [0.5, 0.6) is 11.5 Å². The van der Waals surface area contributed by atoms with Crippen LogP contribution < -0.4 is 32.4 Å². The zero-order chi connectivity index (χ0) is 30.9. The van der Waals surface area contributed by atoms with Gasteiger partial charge in [-0.25, -0.2) is 0 Å². The molecule has 41 heavy (non-hydrogen) atoms. The molecule has 0 saturated heterocycles. The van der Waals surface area contributed by atoms with Gasteiger partial charge in [-0.05, 0) is 48.2 Å². The highest BCUT2D eigenvalue weighted by Gasteiger charge is 1.97. The van der Waals surface area contributed by atoms with E-state index < -0.39 is 10.4 Å². The minimum atomic E-state index is -4.67. The van der Waals surface area contributed by atoms with Gasteiger partial charge in [0.2, 0.25) is 0 Å². The van der Waals surface area contributed by atoms with Gasteiger partial charge in [-0.3, -0.25) is 19.1 Å². The van der Waals surface area contributed by atoms with Gasteiger partial charge in [0.25, 0.3) is 0 Å². The molecule has 0 fully saturated rings. The van der Waals surface area contributed by atoms with Crippen molar-refractivity contribution in [3.05, 3.63) is 59.7 Å². The Balaban J connectivity index is 0.000000671. The van der Waals surface area contributed by atoms with Gasteiger partial charge >= 0.3 is 10.4 Å². The summed E-state index contributed by atoms with van der Waals surface area (Å²) in [5, 5.41) is 0. The smallest absolute Gasteiger partial charge is 0.394 e. The SMILES string of the molecule is CCCOc1ccc(CSCCN=C(N)N)cc1.CCCOc1ccc(CSCCN=C(N)N)cc1.O=S(=O)(O)O. The van der Waals surface area contributed by atoms with Crippen LogP contribution in [0.1, 0.15) is 37.8 Å². The number of nitrogens with two attached hydrogens (primary N) is 4. The van der Waals surface area contributed by atoms with Crippen LogP contribution in [0, 0.1) is 0 Å². The number of benzene rings is 2. The first-order chi connectivity index (χ1) is 19.4. The Morgan fingerprint density at radius 3 is 1.29 bits per heavy atom. The quantitative estimate of drug-likeness (QED) is 0.0679. The zero-order valence-corrected chi connectivity index (χ0v) is 26.1. The van der Waals surface area contributed by atoms with Crippen LogP contribution in [0.25, 0.3) is 0 Å². The average Bonchev–Trinajstić information content (AvgIpc) is 2.91. The van der Waals surface area contributed by atoms with Crippen molar-refractivity contribution in [1.29, 1.82) is 0 Å². The average molecular weight is 633 g/mol. The van der Waals surface area contributed by atoms with Crippen molar-refractivity contribution >= 4 is 45.8 Å². The summed E-state index contributed by atoms with van der Waals surface area (Å²) in [6.07, 6.45) is 2.06. The van der Waals surface area contributed by atoms with Gasteiger partial charge in [-0.15, -0.1) is 0 Å². The second-order valence-electron chi connectivity index (χ2n) is 8.15. The molecule has 0 spiro atoms. The van der Waals surface area contributed by atoms with Crippen molar-refractivity contribution in [2.24, 2.45) is 32.9 Å². The molecule has 2 rings (SSSR count). The van der Waals surface area contributed by atoms with Crippen LogP contribution in [0.3, 0.4) is 0 Å². The highest BCUT2D eigenvalue weighted by atomic mass is 32.3. The van der Waals surface area contributed by atoms with Crippen molar-refractivity contribution in [3.63, 3.8) is 0 Å². The molecule has 232 valence electrons. The molecule has 0 atom stereocenters. The molecule has 0 bridgehead atoms. The molecule has 0 aliphatic heterocycles. The first-order valence-electron chi connectivity index (χ1n) is 12.8. The van der Waals surface area contributed by atoms with E-state index in [9.17, 15) is 0 Å². The first kappa shape index (κ1) is 38.1. The first-order valence-corrected chi connectivity index (χ1v) is 16.5. The number of hydrogen-bond acceptors (Lipinski definition) is 8. The molecular weight excluding hydrogens is 589 g/mol. The summed E-state index contributed by atoms with van der Waals surface area (Å²) in [6.45, 7) is 7.08. The van der Waals surface area contributed by atoms with Crippen LogP contribution in [-0.4, -0.2) is 67.3 Å². The predicted molar refractivity (Wildman–Crippen MR) is 172 cm³/mol. The summed E-state index contributed by atoms with van der Waals surface area (Å²) >= 11 is 3.63. The Hall–Kier alpha value is -2.85. The fraction of sp³-hybridized carbons (Fsp3) is 0.462. The molecule has 0 heterocycles. The highest BCUT2D eigenvalue weighted by molar-refractivity contribution is 7.98. The molecule has 0 amide bonds. The van der Waals surface area contributed by atoms with Gasteiger partial charge in [0, 0.05) is 23.0 Å². The van der Waals surface area contributed by atoms with Gasteiger partial charge in [-0.2, -0.15) is 31.9 Å². The van der Waals surface area contributed by atoms with Crippen LogP contribution in [0.15, 0.2) is 58.5 Å². The summed E-state index contributed by atoms with van der Waals surface area (Å²) in [4.78, 5) is 7.87. The largest absolute Gasteiger partial charge is 0.494 e. The Labute approximate surface area is 252 Å². The maximum absolute atomic E-state index is 8.74. The van der Waals surface area contributed by atoms with Gasteiger partial charge < -0.3 is 32.4 Å². The Morgan fingerprint density at radius 1 is 0.707 bits per heavy atom. The van der Waals surface area contributed by atoms with E-state index in [-0.39, 0.29) is 11.9 Å². The van der Waals surface area contributed by atoms with Crippen molar-refractivity contribution in [3.8, 4) is 11.5 Å². The molecule has 10 N–H and O–H groups in total. The molecule has 2 aromatic carbocycles. The number of thioether (sulfide) groups is 2. The summed E-state index contributed by atoms with van der Waals surface area (Å²) < 4.78 is 42.6. The fourth-order valence-corrected chi connectivity index (χ4v) is 4.25. The molecule has 0 radical (unpaired) electrons. The van der Waals surface area contributed by atoms with E-state index in [1.165, 1.54) is 11.1 Å². The van der Waals surface area contributed by atoms with Gasteiger partial charge in [-0.1, -0.05) is 38.1 Å². The molecule has 0 aliphatic rings. The Bertz CT molecular complexity index is 1010. The van der Waals surface area contributed by atoms with Crippen molar-refractivity contribution in [2.75, 3.05) is 37.8 Å². The van der Waals surface area contributed by atoms with Crippen molar-refractivity contribution < 1.29 is 27.0 Å². The lowest BCUT2D eigenvalue weighted by molar-refractivity contribution is 0.317. The van der Waals surface area contributed by atoms with Gasteiger partial charge in [0.05, 0.1) is 26.3 Å². The molecule has 0 unspecified atom stereocenters. The number of aliphatic imine (C=N–C) groups is 2. The van der Waals surface area contributed by atoms with E-state index in [0.29, 0.717) is 13.1 Å². The third-order valence-corrected chi connectivity index (χ3v) is 6.41. The molecule has 15 heteroatoms. The van der Waals surface area contributed by atoms with Crippen molar-refractivity contribution in [2.45, 2.75) is 38.2 Å². The summed E-state index contributed by atoms with van der Waals surface area (Å²) in [5.41, 5.74) is 23.6. The maximum atomic E-state index is 8.74. The van der Waals surface area contributed by atoms with Gasteiger partial charge in [0.1, 0.15) is 11.5 Å². The normalized spacial score (nSPS) is 10.2. The summed E-state index contributed by atoms with van der Waals surface area (Å²) in [5.74, 6) is 5.97. The van der Waals surface area contributed by atoms with Gasteiger partial charge in [0.15, 0.2) is 11.9 Å². The van der Waals surface area contributed by atoms with E-state index in [0.717, 1.165) is 60.6 Å². The van der Waals surface area contributed by atoms with Crippen LogP contribution in [-0.2, 0) is 21.9 Å². The minimum absolute atomic E-state index is 0.160. The number of nitrogens with zero attached hydrogens (tertiary/aromatic N) is 2. The third kappa shape index (κ3) is 27.1. The Morgan fingerprint density at radius 2 is 1.02 bits per heavy atom.